The highest BCUT2D eigenvalue weighted by molar-refractivity contribution is 9.11. The molecule has 8 heteroatoms. The van der Waals surface area contributed by atoms with E-state index in [0.717, 1.165) is 22.1 Å². The number of aromatic hydroxyl groups is 1. The molecule has 152 valence electrons. The van der Waals surface area contributed by atoms with Crippen LogP contribution in [0.25, 0.3) is 0 Å². The van der Waals surface area contributed by atoms with Crippen molar-refractivity contribution in [1.82, 2.24) is 0 Å². The van der Waals surface area contributed by atoms with E-state index in [1.54, 1.807) is 30.0 Å². The average molecular weight is 516 g/mol. The predicted molar refractivity (Wildman–Crippen MR) is 120 cm³/mol. The number of nitrogens with one attached hydrogen (secondary N) is 1. The van der Waals surface area contributed by atoms with Gasteiger partial charge < -0.3 is 20.1 Å². The first kappa shape index (κ1) is 24.0. The van der Waals surface area contributed by atoms with E-state index >= 15 is 0 Å². The van der Waals surface area contributed by atoms with Crippen LogP contribution in [-0.4, -0.2) is 40.7 Å². The van der Waals surface area contributed by atoms with Crippen LogP contribution in [0, 0.1) is 0 Å². The summed E-state index contributed by atoms with van der Waals surface area (Å²) in [6.07, 6.45) is 0. The van der Waals surface area contributed by atoms with Gasteiger partial charge in [0.15, 0.2) is 0 Å². The van der Waals surface area contributed by atoms with Gasteiger partial charge in [0.1, 0.15) is 18.1 Å². The molecular formula is C20H24Br2N2O4. The number of alkyl halides is 2. The minimum absolute atomic E-state index is 0.0655. The van der Waals surface area contributed by atoms with E-state index in [1.165, 1.54) is 13.0 Å². The van der Waals surface area contributed by atoms with E-state index in [-0.39, 0.29) is 17.6 Å². The van der Waals surface area contributed by atoms with Crippen LogP contribution in [0.4, 0.5) is 11.4 Å². The molecule has 0 aliphatic carbocycles. The van der Waals surface area contributed by atoms with Gasteiger partial charge in [0, 0.05) is 24.5 Å². The molecule has 1 aliphatic heterocycles. The van der Waals surface area contributed by atoms with Crippen molar-refractivity contribution in [3.63, 3.8) is 0 Å². The summed E-state index contributed by atoms with van der Waals surface area (Å²) in [5, 5.41) is 13.7. The van der Waals surface area contributed by atoms with Crippen molar-refractivity contribution in [3.8, 4) is 11.5 Å². The number of hydrogen-bond acceptors (Lipinski definition) is 4. The van der Waals surface area contributed by atoms with Crippen molar-refractivity contribution in [1.29, 1.82) is 0 Å². The fourth-order valence-corrected chi connectivity index (χ4v) is 2.27. The maximum Gasteiger partial charge on any atom is 0.224 e. The molecule has 2 amide bonds. The molecule has 6 nitrogen and oxygen atoms in total. The van der Waals surface area contributed by atoms with Gasteiger partial charge in [-0.1, -0.05) is 56.1 Å². The number of benzene rings is 2. The lowest BCUT2D eigenvalue weighted by molar-refractivity contribution is -0.117. The quantitative estimate of drug-likeness (QED) is 0.454. The number of phenolic OH excluding ortho intramolecular Hbond substituents is 1. The van der Waals surface area contributed by atoms with Crippen LogP contribution >= 0.6 is 31.9 Å². The predicted octanol–water partition coefficient (Wildman–Crippen LogP) is 4.56. The number of para-hydroxylation sites is 4. The van der Waals surface area contributed by atoms with E-state index in [4.69, 9.17) is 9.84 Å². The van der Waals surface area contributed by atoms with Crippen LogP contribution in [-0.2, 0) is 9.59 Å². The molecule has 0 bridgehead atoms. The van der Waals surface area contributed by atoms with E-state index in [1.807, 2.05) is 24.3 Å². The summed E-state index contributed by atoms with van der Waals surface area (Å²) in [4.78, 5) is 23.5. The van der Waals surface area contributed by atoms with Crippen molar-refractivity contribution in [2.45, 2.75) is 13.8 Å². The second-order valence-electron chi connectivity index (χ2n) is 5.56. The number of anilines is 2. The maximum absolute atomic E-state index is 11.2. The van der Waals surface area contributed by atoms with Crippen molar-refractivity contribution in [2.24, 2.45) is 0 Å². The summed E-state index contributed by atoms with van der Waals surface area (Å²) < 4.78 is 5.41. The van der Waals surface area contributed by atoms with Gasteiger partial charge in [0.25, 0.3) is 0 Å². The van der Waals surface area contributed by atoms with Gasteiger partial charge in [-0.3, -0.25) is 9.59 Å². The van der Waals surface area contributed by atoms with Crippen LogP contribution in [0.2, 0.25) is 0 Å². The Balaban J connectivity index is 0.000000239. The third-order valence-electron chi connectivity index (χ3n) is 3.39. The van der Waals surface area contributed by atoms with Crippen LogP contribution in [0.5, 0.6) is 11.5 Å². The molecule has 2 aromatic rings. The number of ether oxygens (including phenoxy) is 1. The van der Waals surface area contributed by atoms with Gasteiger partial charge >= 0.3 is 0 Å². The Morgan fingerprint density at radius 3 is 2.25 bits per heavy atom. The smallest absolute Gasteiger partial charge is 0.224 e. The number of carbonyl (C=O) groups excluding carboxylic acids is 2. The van der Waals surface area contributed by atoms with Crippen LogP contribution in [0.1, 0.15) is 13.8 Å². The Hall–Kier alpha value is -2.06. The molecule has 2 N–H and O–H groups in total. The van der Waals surface area contributed by atoms with Crippen LogP contribution in [0.15, 0.2) is 48.5 Å². The number of hydrogen-bond donors (Lipinski definition) is 2. The number of amides is 2. The highest BCUT2D eigenvalue weighted by atomic mass is 79.9. The standard InChI is InChI=1S/C10H11NO2.C8H9NO2.C2H4Br2/c1-8(12)11-6-7-13-10-5-3-2-4-9(10)11;1-6(10)9-7-4-2-3-5-8(7)11;3-1-2-4/h2-5H,6-7H2,1H3;2-5,11H,1H3,(H,9,10);1-2H2. The molecular weight excluding hydrogens is 492 g/mol. The highest BCUT2D eigenvalue weighted by Crippen LogP contribution is 2.30. The molecule has 28 heavy (non-hydrogen) atoms. The summed E-state index contributed by atoms with van der Waals surface area (Å²) in [5.74, 6) is 0.758. The molecule has 0 spiro atoms. The van der Waals surface area contributed by atoms with Gasteiger partial charge in [0.2, 0.25) is 11.8 Å². The van der Waals surface area contributed by atoms with Gasteiger partial charge in [-0.25, -0.2) is 0 Å². The number of carbonyl (C=O) groups is 2. The van der Waals surface area contributed by atoms with Crippen molar-refractivity contribution in [2.75, 3.05) is 34.0 Å². The first-order chi connectivity index (χ1) is 13.4. The molecule has 0 aromatic heterocycles. The summed E-state index contributed by atoms with van der Waals surface area (Å²) in [6, 6.07) is 14.2. The lowest BCUT2D eigenvalue weighted by Crippen LogP contribution is -2.36. The normalized spacial score (nSPS) is 11.5. The molecule has 0 radical (unpaired) electrons. The number of phenols is 1. The first-order valence-electron chi connectivity index (χ1n) is 8.58. The first-order valence-corrected chi connectivity index (χ1v) is 10.8. The maximum atomic E-state index is 11.2. The lowest BCUT2D eigenvalue weighted by atomic mass is 10.2. The van der Waals surface area contributed by atoms with E-state index in [9.17, 15) is 9.59 Å². The Morgan fingerprint density at radius 1 is 1.07 bits per heavy atom. The van der Waals surface area contributed by atoms with Gasteiger partial charge in [-0.15, -0.1) is 0 Å². The minimum atomic E-state index is -0.188. The molecule has 0 saturated heterocycles. The number of rotatable bonds is 2. The average Bonchev–Trinajstić information content (AvgIpc) is 2.69. The molecule has 0 fully saturated rings. The van der Waals surface area contributed by atoms with Gasteiger partial charge in [-0.2, -0.15) is 0 Å². The SMILES string of the molecule is BrCCBr.CC(=O)N1CCOc2ccccc21.CC(=O)Nc1ccccc1O. The number of nitrogens with zero attached hydrogens (tertiary/aromatic N) is 1. The van der Waals surface area contributed by atoms with Crippen molar-refractivity contribution < 1.29 is 19.4 Å². The second kappa shape index (κ2) is 13.2. The van der Waals surface area contributed by atoms with Gasteiger partial charge in [0.05, 0.1) is 17.9 Å². The van der Waals surface area contributed by atoms with Gasteiger partial charge in [-0.05, 0) is 24.3 Å². The number of fused-ring (bicyclic) bond motifs is 1. The Bertz CT molecular complexity index is 769. The largest absolute Gasteiger partial charge is 0.506 e. The lowest BCUT2D eigenvalue weighted by Gasteiger charge is -2.28. The Labute approximate surface area is 182 Å². The zero-order valence-electron chi connectivity index (χ0n) is 15.8. The fourth-order valence-electron chi connectivity index (χ4n) is 2.27. The molecule has 0 saturated carbocycles. The second-order valence-corrected chi connectivity index (χ2v) is 7.15. The monoisotopic (exact) mass is 514 g/mol. The molecule has 0 unspecified atom stereocenters. The minimum Gasteiger partial charge on any atom is -0.506 e. The van der Waals surface area contributed by atoms with Crippen LogP contribution < -0.4 is 15.0 Å². The molecule has 0 atom stereocenters. The zero-order chi connectivity index (χ0) is 20.9. The Kier molecular flexibility index (Phi) is 11.3. The van der Waals surface area contributed by atoms with Crippen LogP contribution in [0.3, 0.4) is 0 Å². The third-order valence-corrected chi connectivity index (χ3v) is 5.25. The Morgan fingerprint density at radius 2 is 1.68 bits per heavy atom. The third kappa shape index (κ3) is 8.31. The molecule has 3 rings (SSSR count). The van der Waals surface area contributed by atoms with E-state index in [0.29, 0.717) is 18.8 Å². The van der Waals surface area contributed by atoms with E-state index < -0.39 is 0 Å². The molecule has 1 aliphatic rings. The van der Waals surface area contributed by atoms with Crippen molar-refractivity contribution >= 4 is 55.0 Å². The molecule has 2 aromatic carbocycles. The molecule has 1 heterocycles. The fraction of sp³-hybridized carbons (Fsp3) is 0.300. The summed E-state index contributed by atoms with van der Waals surface area (Å²) in [7, 11) is 0. The van der Waals surface area contributed by atoms with Crippen molar-refractivity contribution in [3.05, 3.63) is 48.5 Å². The number of halogens is 2. The zero-order valence-corrected chi connectivity index (χ0v) is 19.0. The topological polar surface area (TPSA) is 78.9 Å². The summed E-state index contributed by atoms with van der Waals surface area (Å²) >= 11 is 6.40. The highest BCUT2D eigenvalue weighted by Gasteiger charge is 2.19. The summed E-state index contributed by atoms with van der Waals surface area (Å²) in [6.45, 7) is 4.19. The van der Waals surface area contributed by atoms with E-state index in [2.05, 4.69) is 37.2 Å². The summed E-state index contributed by atoms with van der Waals surface area (Å²) in [5.41, 5.74) is 1.32.